The predicted octanol–water partition coefficient (Wildman–Crippen LogP) is 4.24. The number of para-hydroxylation sites is 2. The van der Waals surface area contributed by atoms with Gasteiger partial charge in [0.05, 0.1) is 13.2 Å². The lowest BCUT2D eigenvalue weighted by atomic mass is 10.1. The lowest BCUT2D eigenvalue weighted by Crippen LogP contribution is -2.34. The van der Waals surface area contributed by atoms with Crippen LogP contribution in [-0.4, -0.2) is 32.3 Å². The minimum atomic E-state index is -0.278. The lowest BCUT2D eigenvalue weighted by molar-refractivity contribution is 0.0854. The van der Waals surface area contributed by atoms with E-state index in [-0.39, 0.29) is 17.6 Å². The molecule has 6 nitrogen and oxygen atoms in total. The summed E-state index contributed by atoms with van der Waals surface area (Å²) in [6, 6.07) is 14.3. The van der Waals surface area contributed by atoms with E-state index in [1.165, 1.54) is 0 Å². The van der Waals surface area contributed by atoms with Crippen LogP contribution in [0.5, 0.6) is 5.75 Å². The second kappa shape index (κ2) is 8.68. The zero-order valence-corrected chi connectivity index (χ0v) is 16.7. The van der Waals surface area contributed by atoms with Crippen LogP contribution in [0.2, 0.25) is 5.02 Å². The van der Waals surface area contributed by atoms with Gasteiger partial charge in [-0.3, -0.25) is 4.79 Å². The summed E-state index contributed by atoms with van der Waals surface area (Å²) < 4.78 is 16.9. The van der Waals surface area contributed by atoms with E-state index in [0.717, 1.165) is 24.8 Å². The van der Waals surface area contributed by atoms with E-state index >= 15 is 0 Å². The average molecular weight is 413 g/mol. The fraction of sp³-hybridized carbons (Fsp3) is 0.273. The molecule has 1 amide bonds. The predicted molar refractivity (Wildman–Crippen MR) is 111 cm³/mol. The van der Waals surface area contributed by atoms with Gasteiger partial charge in [0.25, 0.3) is 5.91 Å². The van der Waals surface area contributed by atoms with Gasteiger partial charge >= 0.3 is 0 Å². The molecule has 1 aromatic heterocycles. The molecule has 1 fully saturated rings. The van der Waals surface area contributed by atoms with E-state index in [2.05, 4.69) is 10.3 Å². The Balaban J connectivity index is 1.78. The number of ether oxygens (including phenoxy) is 2. The van der Waals surface area contributed by atoms with Gasteiger partial charge in [0, 0.05) is 23.6 Å². The monoisotopic (exact) mass is 412 g/mol. The molecule has 150 valence electrons. The summed E-state index contributed by atoms with van der Waals surface area (Å²) in [5.74, 6) is 0.310. The first-order valence-electron chi connectivity index (χ1n) is 9.45. The summed E-state index contributed by atoms with van der Waals surface area (Å²) in [7, 11) is 1.57. The molecule has 2 heterocycles. The summed E-state index contributed by atoms with van der Waals surface area (Å²) in [5.41, 5.74) is 1.68. The number of nitrogens with one attached hydrogen (secondary N) is 1. The van der Waals surface area contributed by atoms with E-state index in [0.29, 0.717) is 34.2 Å². The van der Waals surface area contributed by atoms with Gasteiger partial charge in [-0.05, 0) is 49.2 Å². The van der Waals surface area contributed by atoms with Crippen molar-refractivity contribution in [3.8, 4) is 5.75 Å². The van der Waals surface area contributed by atoms with Crippen molar-refractivity contribution in [2.75, 3.05) is 20.3 Å². The molecule has 1 aliphatic rings. The first kappa shape index (κ1) is 19.5. The summed E-state index contributed by atoms with van der Waals surface area (Å²) >= 11 is 6.11. The second-order valence-corrected chi connectivity index (χ2v) is 7.21. The van der Waals surface area contributed by atoms with Gasteiger partial charge in [-0.15, -0.1) is 0 Å². The van der Waals surface area contributed by atoms with Crippen LogP contribution in [0, 0.1) is 0 Å². The quantitative estimate of drug-likeness (QED) is 0.680. The second-order valence-electron chi connectivity index (χ2n) is 6.78. The third-order valence-corrected chi connectivity index (χ3v) is 5.01. The zero-order chi connectivity index (χ0) is 20.2. The number of nitrogens with zero attached hydrogens (tertiary/aromatic N) is 1. The van der Waals surface area contributed by atoms with Gasteiger partial charge in [0.2, 0.25) is 5.55 Å². The van der Waals surface area contributed by atoms with Crippen molar-refractivity contribution in [2.45, 2.75) is 18.9 Å². The third kappa shape index (κ3) is 4.44. The summed E-state index contributed by atoms with van der Waals surface area (Å²) in [4.78, 5) is 17.5. The number of benzene rings is 2. The van der Waals surface area contributed by atoms with Crippen LogP contribution in [0.1, 0.15) is 23.2 Å². The van der Waals surface area contributed by atoms with Crippen molar-refractivity contribution in [3.05, 3.63) is 64.7 Å². The number of carbonyl (C=O) groups is 1. The summed E-state index contributed by atoms with van der Waals surface area (Å²) in [6.45, 7) is 1.18. The molecule has 2 aromatic carbocycles. The number of fused-ring (bicyclic) bond motifs is 1. The van der Waals surface area contributed by atoms with Gasteiger partial charge in [-0.2, -0.15) is 0 Å². The van der Waals surface area contributed by atoms with Crippen molar-refractivity contribution in [3.63, 3.8) is 0 Å². The molecule has 1 N–H and O–H groups in total. The molecule has 1 atom stereocenters. The summed E-state index contributed by atoms with van der Waals surface area (Å²) in [6.07, 6.45) is 2.00. The Morgan fingerprint density at radius 1 is 1.28 bits per heavy atom. The largest absolute Gasteiger partial charge is 0.494 e. The molecule has 0 spiro atoms. The molecule has 3 aromatic rings. The molecule has 0 unspecified atom stereocenters. The molecular weight excluding hydrogens is 392 g/mol. The molecular formula is C22H21ClN2O4. The normalized spacial score (nSPS) is 16.9. The number of halogens is 1. The minimum absolute atomic E-state index is 0.0420. The third-order valence-electron chi connectivity index (χ3n) is 4.77. The van der Waals surface area contributed by atoms with Crippen LogP contribution in [0.4, 0.5) is 5.69 Å². The zero-order valence-electron chi connectivity index (χ0n) is 16.0. The molecule has 0 radical (unpaired) electrons. The van der Waals surface area contributed by atoms with Gasteiger partial charge in [0.1, 0.15) is 22.6 Å². The lowest BCUT2D eigenvalue weighted by Gasteiger charge is -2.11. The fourth-order valence-corrected chi connectivity index (χ4v) is 3.47. The Morgan fingerprint density at radius 2 is 2.14 bits per heavy atom. The Morgan fingerprint density at radius 3 is 2.93 bits per heavy atom. The number of methoxy groups -OCH3 is 1. The van der Waals surface area contributed by atoms with E-state index in [4.69, 9.17) is 25.5 Å². The SMILES string of the molecule is COc1ccccc1N=c1oc2ccc(Cl)cc2cc1C(=O)NC[C@@H]1CCCO1. The maximum absolute atomic E-state index is 12.9. The maximum Gasteiger partial charge on any atom is 0.256 e. The average Bonchev–Trinajstić information content (AvgIpc) is 3.26. The van der Waals surface area contributed by atoms with Crippen LogP contribution in [0.25, 0.3) is 11.0 Å². The fourth-order valence-electron chi connectivity index (χ4n) is 3.29. The standard InChI is InChI=1S/C22H21ClN2O4/c1-27-20-7-3-2-6-18(20)25-22-17(21(26)24-13-16-5-4-10-28-16)12-14-11-15(23)8-9-19(14)29-22/h2-3,6-9,11-12,16H,4-5,10,13H2,1H3,(H,24,26)/t16-/m0/s1. The van der Waals surface area contributed by atoms with Crippen molar-refractivity contribution < 1.29 is 18.7 Å². The van der Waals surface area contributed by atoms with E-state index in [9.17, 15) is 4.79 Å². The smallest absolute Gasteiger partial charge is 0.256 e. The van der Waals surface area contributed by atoms with Gasteiger partial charge < -0.3 is 19.2 Å². The van der Waals surface area contributed by atoms with E-state index in [1.807, 2.05) is 12.1 Å². The van der Waals surface area contributed by atoms with Crippen LogP contribution < -0.4 is 15.6 Å². The summed E-state index contributed by atoms with van der Waals surface area (Å²) in [5, 5.41) is 4.21. The number of rotatable bonds is 5. The van der Waals surface area contributed by atoms with Gasteiger partial charge in [-0.1, -0.05) is 23.7 Å². The van der Waals surface area contributed by atoms with Crippen molar-refractivity contribution >= 4 is 34.2 Å². The molecule has 1 saturated heterocycles. The van der Waals surface area contributed by atoms with Crippen LogP contribution in [0.15, 0.2) is 57.9 Å². The van der Waals surface area contributed by atoms with Crippen molar-refractivity contribution in [1.82, 2.24) is 5.32 Å². The Bertz CT molecular complexity index is 1100. The molecule has 1 aliphatic heterocycles. The molecule has 29 heavy (non-hydrogen) atoms. The Kier molecular flexibility index (Phi) is 5.83. The maximum atomic E-state index is 12.9. The van der Waals surface area contributed by atoms with Crippen LogP contribution >= 0.6 is 11.6 Å². The first-order chi connectivity index (χ1) is 14.1. The number of hydrogen-bond acceptors (Lipinski definition) is 5. The highest BCUT2D eigenvalue weighted by Crippen LogP contribution is 2.26. The highest BCUT2D eigenvalue weighted by atomic mass is 35.5. The van der Waals surface area contributed by atoms with Crippen molar-refractivity contribution in [1.29, 1.82) is 0 Å². The highest BCUT2D eigenvalue weighted by Gasteiger charge is 2.19. The van der Waals surface area contributed by atoms with E-state index < -0.39 is 0 Å². The molecule has 4 rings (SSSR count). The Hall–Kier alpha value is -2.83. The molecule has 0 saturated carbocycles. The van der Waals surface area contributed by atoms with E-state index in [1.54, 1.807) is 43.5 Å². The Labute approximate surface area is 173 Å². The van der Waals surface area contributed by atoms with Crippen LogP contribution in [-0.2, 0) is 4.74 Å². The highest BCUT2D eigenvalue weighted by molar-refractivity contribution is 6.31. The minimum Gasteiger partial charge on any atom is -0.494 e. The number of hydrogen-bond donors (Lipinski definition) is 1. The molecule has 0 bridgehead atoms. The van der Waals surface area contributed by atoms with Crippen molar-refractivity contribution in [2.24, 2.45) is 4.99 Å². The van der Waals surface area contributed by atoms with Gasteiger partial charge in [0.15, 0.2) is 0 Å². The number of amides is 1. The number of carbonyl (C=O) groups excluding carboxylic acids is 1. The first-order valence-corrected chi connectivity index (χ1v) is 9.83. The molecule has 7 heteroatoms. The molecule has 0 aliphatic carbocycles. The topological polar surface area (TPSA) is 73.1 Å². The van der Waals surface area contributed by atoms with Crippen LogP contribution in [0.3, 0.4) is 0 Å². The van der Waals surface area contributed by atoms with Gasteiger partial charge in [-0.25, -0.2) is 4.99 Å².